The first-order chi connectivity index (χ1) is 6.43. The smallest absolute Gasteiger partial charge is 0.0844 e. The quantitative estimate of drug-likeness (QED) is 0.592. The van der Waals surface area contributed by atoms with Crippen LogP contribution in [0.3, 0.4) is 0 Å². The van der Waals surface area contributed by atoms with E-state index in [0.717, 1.165) is 37.6 Å². The van der Waals surface area contributed by atoms with Gasteiger partial charge < -0.3 is 14.2 Å². The Morgan fingerprint density at radius 3 is 1.77 bits per heavy atom. The summed E-state index contributed by atoms with van der Waals surface area (Å²) in [6, 6.07) is 0. The van der Waals surface area contributed by atoms with Gasteiger partial charge in [-0.15, -0.1) is 0 Å². The summed E-state index contributed by atoms with van der Waals surface area (Å²) < 4.78 is 16.0. The predicted octanol–water partition coefficient (Wildman–Crippen LogP) is 0.435. The summed E-state index contributed by atoms with van der Waals surface area (Å²) in [6.07, 6.45) is 3.00. The number of ether oxygens (including phenoxy) is 3. The first-order valence-electron chi connectivity index (χ1n) is 5.28. The maximum atomic E-state index is 5.38. The summed E-state index contributed by atoms with van der Waals surface area (Å²) in [5, 5.41) is 0. The lowest BCUT2D eigenvalue weighted by molar-refractivity contribution is 0.345. The van der Waals surface area contributed by atoms with E-state index in [2.05, 4.69) is 0 Å². The zero-order valence-corrected chi connectivity index (χ0v) is 7.52. The predicted molar refractivity (Wildman–Crippen MR) is 44.3 cm³/mol. The molecule has 0 aromatic carbocycles. The highest BCUT2D eigenvalue weighted by molar-refractivity contribution is 5.11. The molecule has 72 valence electrons. The summed E-state index contributed by atoms with van der Waals surface area (Å²) in [7, 11) is 0. The Hall–Kier alpha value is -0.120. The minimum absolute atomic E-state index is 0.579. The molecule has 3 aliphatic heterocycles. The summed E-state index contributed by atoms with van der Waals surface area (Å²) in [6.45, 7) is 2.98. The second-order valence-corrected chi connectivity index (χ2v) is 4.75. The maximum Gasteiger partial charge on any atom is 0.0844 e. The van der Waals surface area contributed by atoms with Crippen LogP contribution in [0.4, 0.5) is 0 Å². The third-order valence-electron chi connectivity index (χ3n) is 3.81. The lowest BCUT2D eigenvalue weighted by Crippen LogP contribution is -1.96. The maximum absolute atomic E-state index is 5.38. The Kier molecular flexibility index (Phi) is 1.26. The molecule has 3 heteroatoms. The van der Waals surface area contributed by atoms with Crippen LogP contribution in [0.15, 0.2) is 0 Å². The van der Waals surface area contributed by atoms with E-state index in [1.165, 1.54) is 6.42 Å². The molecule has 0 aromatic rings. The Bertz CT molecular complexity index is 212. The first kappa shape index (κ1) is 7.21. The van der Waals surface area contributed by atoms with Crippen molar-refractivity contribution in [3.63, 3.8) is 0 Å². The molecule has 5 atom stereocenters. The highest BCUT2D eigenvalue weighted by Crippen LogP contribution is 2.60. The second kappa shape index (κ2) is 2.27. The number of rotatable bonds is 4. The Labute approximate surface area is 77.3 Å². The molecule has 0 bridgehead atoms. The zero-order chi connectivity index (χ0) is 8.41. The summed E-state index contributed by atoms with van der Waals surface area (Å²) in [5.41, 5.74) is 0. The van der Waals surface area contributed by atoms with Crippen molar-refractivity contribution in [3.8, 4) is 0 Å². The van der Waals surface area contributed by atoms with Gasteiger partial charge in [0, 0.05) is 0 Å². The standard InChI is InChI=1S/C10H14O3/c1(5-2-11-5)6-9(7-3-12-7)10(6)8-4-13-8/h5-10H,1-4H2. The van der Waals surface area contributed by atoms with E-state index >= 15 is 0 Å². The van der Waals surface area contributed by atoms with Gasteiger partial charge in [0.1, 0.15) is 0 Å². The number of hydrogen-bond acceptors (Lipinski definition) is 3. The van der Waals surface area contributed by atoms with E-state index in [-0.39, 0.29) is 0 Å². The lowest BCUT2D eigenvalue weighted by Gasteiger charge is -1.90. The van der Waals surface area contributed by atoms with Gasteiger partial charge in [-0.25, -0.2) is 0 Å². The summed E-state index contributed by atoms with van der Waals surface area (Å²) in [5.74, 6) is 2.49. The molecule has 1 aliphatic carbocycles. The average Bonchev–Trinajstić information content (AvgIpc) is 2.95. The molecule has 4 aliphatic rings. The van der Waals surface area contributed by atoms with Gasteiger partial charge in [-0.1, -0.05) is 0 Å². The fourth-order valence-electron chi connectivity index (χ4n) is 2.85. The molecule has 3 heterocycles. The normalized spacial score (nSPS) is 61.8. The second-order valence-electron chi connectivity index (χ2n) is 4.75. The molecule has 4 fully saturated rings. The van der Waals surface area contributed by atoms with Crippen molar-refractivity contribution in [1.82, 2.24) is 0 Å². The van der Waals surface area contributed by atoms with Crippen LogP contribution in [0.25, 0.3) is 0 Å². The molecule has 0 radical (unpaired) electrons. The van der Waals surface area contributed by atoms with Crippen LogP contribution in [0.5, 0.6) is 0 Å². The van der Waals surface area contributed by atoms with E-state index in [4.69, 9.17) is 14.2 Å². The zero-order valence-electron chi connectivity index (χ0n) is 7.52. The SMILES string of the molecule is C1OC1CC1C(C2CO2)C1C1CO1. The molecule has 4 rings (SSSR count). The molecule has 3 saturated heterocycles. The Balaban J connectivity index is 1.43. The van der Waals surface area contributed by atoms with Crippen molar-refractivity contribution < 1.29 is 14.2 Å². The van der Waals surface area contributed by atoms with Gasteiger partial charge >= 0.3 is 0 Å². The Morgan fingerprint density at radius 2 is 1.38 bits per heavy atom. The molecule has 0 N–H and O–H groups in total. The summed E-state index contributed by atoms with van der Waals surface area (Å²) in [4.78, 5) is 0. The van der Waals surface area contributed by atoms with Gasteiger partial charge in [0.05, 0.1) is 38.1 Å². The van der Waals surface area contributed by atoms with Gasteiger partial charge in [0.2, 0.25) is 0 Å². The molecule has 1 saturated carbocycles. The topological polar surface area (TPSA) is 37.6 Å². The minimum Gasteiger partial charge on any atom is -0.373 e. The Morgan fingerprint density at radius 1 is 0.846 bits per heavy atom. The van der Waals surface area contributed by atoms with Crippen molar-refractivity contribution in [2.75, 3.05) is 19.8 Å². The molecule has 0 spiro atoms. The molecule has 13 heavy (non-hydrogen) atoms. The van der Waals surface area contributed by atoms with Crippen LogP contribution in [0.2, 0.25) is 0 Å². The average molecular weight is 182 g/mol. The number of epoxide rings is 3. The van der Waals surface area contributed by atoms with Crippen LogP contribution in [0.1, 0.15) is 6.42 Å². The molecular formula is C10H14O3. The van der Waals surface area contributed by atoms with Gasteiger partial charge in [0.15, 0.2) is 0 Å². The van der Waals surface area contributed by atoms with Crippen LogP contribution in [-0.4, -0.2) is 38.1 Å². The number of hydrogen-bond donors (Lipinski definition) is 0. The van der Waals surface area contributed by atoms with E-state index < -0.39 is 0 Å². The lowest BCUT2D eigenvalue weighted by atomic mass is 10.1. The van der Waals surface area contributed by atoms with Crippen LogP contribution < -0.4 is 0 Å². The highest BCUT2D eigenvalue weighted by Gasteiger charge is 2.64. The van der Waals surface area contributed by atoms with Crippen molar-refractivity contribution in [1.29, 1.82) is 0 Å². The third-order valence-corrected chi connectivity index (χ3v) is 3.81. The van der Waals surface area contributed by atoms with Crippen molar-refractivity contribution >= 4 is 0 Å². The van der Waals surface area contributed by atoms with Crippen LogP contribution >= 0.6 is 0 Å². The van der Waals surface area contributed by atoms with E-state index in [9.17, 15) is 0 Å². The largest absolute Gasteiger partial charge is 0.373 e. The molecular weight excluding hydrogens is 168 g/mol. The fourth-order valence-corrected chi connectivity index (χ4v) is 2.85. The van der Waals surface area contributed by atoms with Gasteiger partial charge in [0.25, 0.3) is 0 Å². The van der Waals surface area contributed by atoms with Crippen molar-refractivity contribution in [2.45, 2.75) is 24.7 Å². The van der Waals surface area contributed by atoms with Gasteiger partial charge in [-0.2, -0.15) is 0 Å². The molecule has 0 amide bonds. The first-order valence-corrected chi connectivity index (χ1v) is 5.28. The van der Waals surface area contributed by atoms with Crippen molar-refractivity contribution in [2.24, 2.45) is 17.8 Å². The highest BCUT2D eigenvalue weighted by atomic mass is 16.6. The van der Waals surface area contributed by atoms with Gasteiger partial charge in [-0.05, 0) is 24.2 Å². The minimum atomic E-state index is 0.579. The van der Waals surface area contributed by atoms with E-state index in [0.29, 0.717) is 18.3 Å². The third kappa shape index (κ3) is 1.22. The monoisotopic (exact) mass is 182 g/mol. The van der Waals surface area contributed by atoms with Crippen LogP contribution in [0, 0.1) is 17.8 Å². The molecule has 5 unspecified atom stereocenters. The molecule has 3 nitrogen and oxygen atoms in total. The summed E-state index contributed by atoms with van der Waals surface area (Å²) >= 11 is 0. The van der Waals surface area contributed by atoms with Crippen LogP contribution in [-0.2, 0) is 14.2 Å². The van der Waals surface area contributed by atoms with E-state index in [1.54, 1.807) is 0 Å². The van der Waals surface area contributed by atoms with E-state index in [1.807, 2.05) is 0 Å². The fraction of sp³-hybridized carbons (Fsp3) is 1.00. The molecule has 0 aromatic heterocycles. The van der Waals surface area contributed by atoms with Gasteiger partial charge in [-0.3, -0.25) is 0 Å². The van der Waals surface area contributed by atoms with Crippen molar-refractivity contribution in [3.05, 3.63) is 0 Å².